The molecule has 0 atom stereocenters. The molecule has 0 radical (unpaired) electrons. The molecule has 98 valence electrons. The van der Waals surface area contributed by atoms with Crippen LogP contribution < -0.4 is 5.32 Å². The van der Waals surface area contributed by atoms with Crippen molar-refractivity contribution in [3.8, 4) is 0 Å². The number of hydrogen-bond donors (Lipinski definition) is 2. The Hall–Kier alpha value is -2.50. The number of aromatic carboxylic acids is 1. The minimum atomic E-state index is -0.940. The lowest BCUT2D eigenvalue weighted by Crippen LogP contribution is -2.08. The second-order valence-electron chi connectivity index (χ2n) is 3.90. The van der Waals surface area contributed by atoms with Crippen molar-refractivity contribution in [1.82, 2.24) is 9.97 Å². The minimum absolute atomic E-state index is 0.263. The van der Waals surface area contributed by atoms with E-state index in [9.17, 15) is 9.18 Å². The molecule has 5 nitrogen and oxygen atoms in total. The summed E-state index contributed by atoms with van der Waals surface area (Å²) in [6.45, 7) is 0.581. The maximum absolute atomic E-state index is 12.6. The molecule has 0 amide bonds. The zero-order valence-electron chi connectivity index (χ0n) is 10.0. The molecule has 2 rings (SSSR count). The van der Waals surface area contributed by atoms with Crippen LogP contribution in [0.15, 0.2) is 36.7 Å². The van der Waals surface area contributed by atoms with E-state index in [0.717, 1.165) is 18.0 Å². The maximum atomic E-state index is 12.6. The SMILES string of the molecule is O=C(O)c1ccc(CCNc2ncc(F)cn2)cc1. The summed E-state index contributed by atoms with van der Waals surface area (Å²) in [5.41, 5.74) is 1.26. The molecular formula is C13H12FN3O2. The number of halogens is 1. The minimum Gasteiger partial charge on any atom is -0.478 e. The first kappa shape index (κ1) is 12.9. The molecular weight excluding hydrogens is 249 g/mol. The van der Waals surface area contributed by atoms with Crippen LogP contribution in [0.4, 0.5) is 10.3 Å². The summed E-state index contributed by atoms with van der Waals surface area (Å²) in [5.74, 6) is -1.05. The van der Waals surface area contributed by atoms with E-state index < -0.39 is 11.8 Å². The summed E-state index contributed by atoms with van der Waals surface area (Å²) in [5, 5.41) is 11.7. The van der Waals surface area contributed by atoms with E-state index in [1.165, 1.54) is 0 Å². The van der Waals surface area contributed by atoms with Crippen molar-refractivity contribution in [1.29, 1.82) is 0 Å². The number of hydrogen-bond acceptors (Lipinski definition) is 4. The highest BCUT2D eigenvalue weighted by molar-refractivity contribution is 5.87. The van der Waals surface area contributed by atoms with Crippen LogP contribution in [-0.2, 0) is 6.42 Å². The van der Waals surface area contributed by atoms with Crippen molar-refractivity contribution in [2.24, 2.45) is 0 Å². The van der Waals surface area contributed by atoms with Gasteiger partial charge in [0.15, 0.2) is 5.82 Å². The van der Waals surface area contributed by atoms with Gasteiger partial charge in [0.25, 0.3) is 0 Å². The zero-order chi connectivity index (χ0) is 13.7. The fourth-order valence-corrected chi connectivity index (χ4v) is 1.54. The summed E-state index contributed by atoms with van der Waals surface area (Å²) in [6.07, 6.45) is 2.88. The van der Waals surface area contributed by atoms with Crippen LogP contribution in [0.25, 0.3) is 0 Å². The van der Waals surface area contributed by atoms with Crippen LogP contribution in [0.3, 0.4) is 0 Å². The molecule has 1 aromatic carbocycles. The van der Waals surface area contributed by atoms with Gasteiger partial charge < -0.3 is 10.4 Å². The van der Waals surface area contributed by atoms with Crippen molar-refractivity contribution >= 4 is 11.9 Å². The third-order valence-electron chi connectivity index (χ3n) is 2.52. The van der Waals surface area contributed by atoms with E-state index >= 15 is 0 Å². The highest BCUT2D eigenvalue weighted by atomic mass is 19.1. The Kier molecular flexibility index (Phi) is 4.02. The normalized spacial score (nSPS) is 10.2. The van der Waals surface area contributed by atoms with Gasteiger partial charge in [0, 0.05) is 6.54 Å². The molecule has 6 heteroatoms. The number of carbonyl (C=O) groups is 1. The van der Waals surface area contributed by atoms with Gasteiger partial charge in [0.05, 0.1) is 18.0 Å². The lowest BCUT2D eigenvalue weighted by molar-refractivity contribution is 0.0697. The first-order chi connectivity index (χ1) is 9.15. The van der Waals surface area contributed by atoms with Gasteiger partial charge in [-0.15, -0.1) is 0 Å². The lowest BCUT2D eigenvalue weighted by Gasteiger charge is -2.04. The zero-order valence-corrected chi connectivity index (χ0v) is 10.0. The molecule has 0 bridgehead atoms. The molecule has 2 N–H and O–H groups in total. The Morgan fingerprint density at radius 1 is 1.21 bits per heavy atom. The summed E-state index contributed by atoms with van der Waals surface area (Å²) in [4.78, 5) is 18.2. The van der Waals surface area contributed by atoms with Crippen molar-refractivity contribution < 1.29 is 14.3 Å². The molecule has 19 heavy (non-hydrogen) atoms. The van der Waals surface area contributed by atoms with Gasteiger partial charge in [-0.1, -0.05) is 12.1 Å². The number of benzene rings is 1. The van der Waals surface area contributed by atoms with E-state index in [-0.39, 0.29) is 5.56 Å². The van der Waals surface area contributed by atoms with E-state index in [1.54, 1.807) is 24.3 Å². The van der Waals surface area contributed by atoms with E-state index in [0.29, 0.717) is 18.9 Å². The molecule has 1 heterocycles. The molecule has 0 saturated heterocycles. The lowest BCUT2D eigenvalue weighted by atomic mass is 10.1. The molecule has 1 aromatic heterocycles. The molecule has 0 aliphatic heterocycles. The first-order valence-corrected chi connectivity index (χ1v) is 5.69. The average Bonchev–Trinajstić information content (AvgIpc) is 2.41. The third kappa shape index (κ3) is 3.74. The molecule has 0 unspecified atom stereocenters. The van der Waals surface area contributed by atoms with Crippen LogP contribution in [0.2, 0.25) is 0 Å². The van der Waals surface area contributed by atoms with Gasteiger partial charge in [-0.05, 0) is 24.1 Å². The van der Waals surface area contributed by atoms with Crippen LogP contribution in [0.5, 0.6) is 0 Å². The third-order valence-corrected chi connectivity index (χ3v) is 2.52. The van der Waals surface area contributed by atoms with Crippen molar-refractivity contribution in [2.75, 3.05) is 11.9 Å². The Balaban J connectivity index is 1.85. The topological polar surface area (TPSA) is 75.1 Å². The van der Waals surface area contributed by atoms with Gasteiger partial charge in [0.1, 0.15) is 0 Å². The molecule has 0 saturated carbocycles. The van der Waals surface area contributed by atoms with Gasteiger partial charge in [-0.25, -0.2) is 19.2 Å². The van der Waals surface area contributed by atoms with E-state index in [1.807, 2.05) is 0 Å². The number of rotatable bonds is 5. The second kappa shape index (κ2) is 5.90. The maximum Gasteiger partial charge on any atom is 0.335 e. The van der Waals surface area contributed by atoms with Crippen LogP contribution in [0.1, 0.15) is 15.9 Å². The fraction of sp³-hybridized carbons (Fsp3) is 0.154. The van der Waals surface area contributed by atoms with Crippen molar-refractivity contribution in [2.45, 2.75) is 6.42 Å². The van der Waals surface area contributed by atoms with Crippen LogP contribution in [0, 0.1) is 5.82 Å². The molecule has 2 aromatic rings. The fourth-order valence-electron chi connectivity index (χ4n) is 1.54. The Morgan fingerprint density at radius 3 is 2.42 bits per heavy atom. The quantitative estimate of drug-likeness (QED) is 0.860. The predicted octanol–water partition coefficient (Wildman–Crippen LogP) is 1.97. The summed E-state index contributed by atoms with van der Waals surface area (Å²) in [7, 11) is 0. The highest BCUT2D eigenvalue weighted by Gasteiger charge is 2.02. The van der Waals surface area contributed by atoms with Gasteiger partial charge in [-0.3, -0.25) is 0 Å². The largest absolute Gasteiger partial charge is 0.478 e. The van der Waals surface area contributed by atoms with Gasteiger partial charge in [-0.2, -0.15) is 0 Å². The first-order valence-electron chi connectivity index (χ1n) is 5.69. The Labute approximate surface area is 109 Å². The molecule has 0 aliphatic carbocycles. The number of nitrogens with one attached hydrogen (secondary N) is 1. The smallest absolute Gasteiger partial charge is 0.335 e. The number of carboxylic acids is 1. The summed E-state index contributed by atoms with van der Waals surface area (Å²) < 4.78 is 12.6. The van der Waals surface area contributed by atoms with Crippen LogP contribution >= 0.6 is 0 Å². The molecule has 0 fully saturated rings. The monoisotopic (exact) mass is 261 g/mol. The van der Waals surface area contributed by atoms with Gasteiger partial charge in [0.2, 0.25) is 5.95 Å². The van der Waals surface area contributed by atoms with Crippen molar-refractivity contribution in [3.63, 3.8) is 0 Å². The highest BCUT2D eigenvalue weighted by Crippen LogP contribution is 2.06. The predicted molar refractivity (Wildman–Crippen MR) is 67.6 cm³/mol. The van der Waals surface area contributed by atoms with Crippen molar-refractivity contribution in [3.05, 3.63) is 53.6 Å². The summed E-state index contributed by atoms with van der Waals surface area (Å²) in [6, 6.07) is 6.64. The number of carboxylic acid groups (broad SMARTS) is 1. The standard InChI is InChI=1S/C13H12FN3O2/c14-11-7-16-13(17-8-11)15-6-5-9-1-3-10(4-2-9)12(18)19/h1-4,7-8H,5-6H2,(H,18,19)(H,15,16,17). The Bertz CT molecular complexity index is 555. The Morgan fingerprint density at radius 2 is 1.84 bits per heavy atom. The molecule has 0 spiro atoms. The van der Waals surface area contributed by atoms with Gasteiger partial charge >= 0.3 is 5.97 Å². The number of anilines is 1. The molecule has 0 aliphatic rings. The van der Waals surface area contributed by atoms with E-state index in [4.69, 9.17) is 5.11 Å². The average molecular weight is 261 g/mol. The summed E-state index contributed by atoms with van der Waals surface area (Å²) >= 11 is 0. The van der Waals surface area contributed by atoms with Crippen LogP contribution in [-0.4, -0.2) is 27.6 Å². The number of aromatic nitrogens is 2. The van der Waals surface area contributed by atoms with E-state index in [2.05, 4.69) is 15.3 Å². The second-order valence-corrected chi connectivity index (χ2v) is 3.90. The number of nitrogens with zero attached hydrogens (tertiary/aromatic N) is 2.